The lowest BCUT2D eigenvalue weighted by molar-refractivity contribution is 0.101. The fraction of sp³-hybridized carbons (Fsp3) is 0.280. The highest BCUT2D eigenvalue weighted by Gasteiger charge is 2.20. The minimum Gasteiger partial charge on any atom is -0.448 e. The van der Waals surface area contributed by atoms with E-state index in [9.17, 15) is 4.79 Å². The molecule has 4 aromatic rings. The Labute approximate surface area is 196 Å². The fourth-order valence-electron chi connectivity index (χ4n) is 4.11. The van der Waals surface area contributed by atoms with Gasteiger partial charge < -0.3 is 8.98 Å². The van der Waals surface area contributed by atoms with E-state index in [4.69, 9.17) is 4.42 Å². The Kier molecular flexibility index (Phi) is 6.44. The zero-order valence-corrected chi connectivity index (χ0v) is 19.0. The first-order chi connectivity index (χ1) is 16.2. The first-order valence-electron chi connectivity index (χ1n) is 11.2. The van der Waals surface area contributed by atoms with Gasteiger partial charge in [0.15, 0.2) is 11.0 Å². The van der Waals surface area contributed by atoms with Crippen molar-refractivity contribution in [3.63, 3.8) is 0 Å². The van der Waals surface area contributed by atoms with Crippen LogP contribution in [-0.4, -0.2) is 25.4 Å². The molecule has 0 aliphatic heterocycles. The normalized spacial score (nSPS) is 14.7. The molecule has 1 saturated carbocycles. The Morgan fingerprint density at radius 3 is 2.79 bits per heavy atom. The van der Waals surface area contributed by atoms with E-state index in [0.29, 0.717) is 23.3 Å². The Hall–Kier alpha value is -3.52. The Balaban J connectivity index is 1.21. The summed E-state index contributed by atoms with van der Waals surface area (Å²) in [6.45, 7) is 0.602. The molecule has 1 fully saturated rings. The maximum absolute atomic E-state index is 12.8. The molecule has 1 aliphatic rings. The lowest BCUT2D eigenvalue weighted by Crippen LogP contribution is -2.17. The lowest BCUT2D eigenvalue weighted by Gasteiger charge is -2.17. The molecule has 0 bridgehead atoms. The summed E-state index contributed by atoms with van der Waals surface area (Å²) < 4.78 is 7.61. The molecule has 1 amide bonds. The van der Waals surface area contributed by atoms with Crippen molar-refractivity contribution < 1.29 is 9.21 Å². The maximum atomic E-state index is 12.8. The van der Waals surface area contributed by atoms with Gasteiger partial charge in [-0.3, -0.25) is 15.1 Å². The molecular formula is C25H25N5O2S. The van der Waals surface area contributed by atoms with E-state index < -0.39 is 0 Å². The van der Waals surface area contributed by atoms with Crippen molar-refractivity contribution in [2.24, 2.45) is 0 Å². The molecule has 5 rings (SSSR count). The Morgan fingerprint density at radius 2 is 1.94 bits per heavy atom. The molecule has 0 radical (unpaired) electrons. The molecule has 33 heavy (non-hydrogen) atoms. The first kappa shape index (κ1) is 21.3. The summed E-state index contributed by atoms with van der Waals surface area (Å²) in [4.78, 5) is 26.0. The summed E-state index contributed by atoms with van der Waals surface area (Å²) in [6.07, 6.45) is 17.0. The van der Waals surface area contributed by atoms with Crippen LogP contribution in [0, 0.1) is 0 Å². The number of thiazole rings is 1. The largest absolute Gasteiger partial charge is 0.448 e. The molecule has 0 saturated heterocycles. The van der Waals surface area contributed by atoms with E-state index in [-0.39, 0.29) is 5.91 Å². The number of hydrogen-bond acceptors (Lipinski definition) is 6. The third-order valence-corrected chi connectivity index (χ3v) is 6.60. The van der Waals surface area contributed by atoms with Crippen LogP contribution in [-0.2, 0) is 6.54 Å². The highest BCUT2D eigenvalue weighted by atomic mass is 32.1. The monoisotopic (exact) mass is 459 g/mol. The number of rotatable bonds is 7. The number of pyridine rings is 1. The molecule has 168 valence electrons. The van der Waals surface area contributed by atoms with Gasteiger partial charge >= 0.3 is 0 Å². The number of hydrogen-bond donors (Lipinski definition) is 1. The minimum absolute atomic E-state index is 0.187. The summed E-state index contributed by atoms with van der Waals surface area (Å²) in [6, 6.07) is 7.55. The van der Waals surface area contributed by atoms with Crippen LogP contribution < -0.4 is 5.32 Å². The second-order valence-corrected chi connectivity index (χ2v) is 9.05. The van der Waals surface area contributed by atoms with E-state index in [1.807, 2.05) is 46.5 Å². The molecule has 8 heteroatoms. The Morgan fingerprint density at radius 1 is 1.12 bits per heavy atom. The van der Waals surface area contributed by atoms with Crippen molar-refractivity contribution >= 4 is 34.5 Å². The number of oxazole rings is 1. The van der Waals surface area contributed by atoms with Gasteiger partial charge in [0, 0.05) is 36.4 Å². The minimum atomic E-state index is -0.187. The van der Waals surface area contributed by atoms with Gasteiger partial charge in [0.05, 0.1) is 5.69 Å². The van der Waals surface area contributed by atoms with Gasteiger partial charge in [-0.2, -0.15) is 0 Å². The summed E-state index contributed by atoms with van der Waals surface area (Å²) in [5, 5.41) is 5.37. The van der Waals surface area contributed by atoms with Crippen LogP contribution in [0.2, 0.25) is 0 Å². The van der Waals surface area contributed by atoms with Gasteiger partial charge in [0.2, 0.25) is 0 Å². The van der Waals surface area contributed by atoms with Crippen LogP contribution in [0.5, 0.6) is 0 Å². The van der Waals surface area contributed by atoms with Crippen LogP contribution in [0.1, 0.15) is 71.4 Å². The number of anilines is 1. The summed E-state index contributed by atoms with van der Waals surface area (Å²) >= 11 is 1.39. The Bertz CT molecular complexity index is 1230. The van der Waals surface area contributed by atoms with Gasteiger partial charge in [-0.1, -0.05) is 19.3 Å². The average molecular weight is 460 g/mol. The predicted molar refractivity (Wildman–Crippen MR) is 129 cm³/mol. The molecule has 1 aliphatic carbocycles. The summed E-state index contributed by atoms with van der Waals surface area (Å²) in [7, 11) is 0. The standard InChI is InChI=1S/C25H25N5O2S/c31-23(22-7-4-14-30(22)15-18-10-12-26-13-11-18)29-25-28-21(17-33-25)9-8-20-16-32-24(27-20)19-5-2-1-3-6-19/h4,7-14,16-17,19H,1-3,5-6,15H2,(H,28,29,31)/b9-8+. The van der Waals surface area contributed by atoms with Crippen molar-refractivity contribution in [3.8, 4) is 0 Å². The van der Waals surface area contributed by atoms with Crippen LogP contribution in [0.15, 0.2) is 58.9 Å². The van der Waals surface area contributed by atoms with Gasteiger partial charge in [0.25, 0.3) is 5.91 Å². The third kappa shape index (κ3) is 5.28. The van der Waals surface area contributed by atoms with Gasteiger partial charge in [-0.15, -0.1) is 11.3 Å². The van der Waals surface area contributed by atoms with Gasteiger partial charge in [0.1, 0.15) is 17.7 Å². The molecule has 0 spiro atoms. The second-order valence-electron chi connectivity index (χ2n) is 8.19. The molecule has 7 nitrogen and oxygen atoms in total. The highest BCUT2D eigenvalue weighted by molar-refractivity contribution is 7.14. The zero-order valence-electron chi connectivity index (χ0n) is 18.2. The average Bonchev–Trinajstić information content (AvgIpc) is 3.60. The van der Waals surface area contributed by atoms with E-state index >= 15 is 0 Å². The number of nitrogens with zero attached hydrogens (tertiary/aromatic N) is 4. The van der Waals surface area contributed by atoms with Crippen molar-refractivity contribution in [2.75, 3.05) is 5.32 Å². The van der Waals surface area contributed by atoms with Crippen molar-refractivity contribution in [1.29, 1.82) is 0 Å². The van der Waals surface area contributed by atoms with E-state index in [1.165, 1.54) is 30.6 Å². The highest BCUT2D eigenvalue weighted by Crippen LogP contribution is 2.32. The molecule has 4 aromatic heterocycles. The molecule has 0 aromatic carbocycles. The second kappa shape index (κ2) is 9.95. The van der Waals surface area contributed by atoms with Crippen molar-refractivity contribution in [1.82, 2.24) is 19.5 Å². The third-order valence-electron chi connectivity index (χ3n) is 5.83. The molecule has 1 N–H and O–H groups in total. The summed E-state index contributed by atoms with van der Waals surface area (Å²) in [5.74, 6) is 1.10. The van der Waals surface area contributed by atoms with Crippen molar-refractivity contribution in [2.45, 2.75) is 44.6 Å². The number of nitrogens with one attached hydrogen (secondary N) is 1. The van der Waals surface area contributed by atoms with Crippen LogP contribution >= 0.6 is 11.3 Å². The fourth-order valence-corrected chi connectivity index (χ4v) is 4.78. The quantitative estimate of drug-likeness (QED) is 0.375. The van der Waals surface area contributed by atoms with Gasteiger partial charge in [-0.25, -0.2) is 9.97 Å². The van der Waals surface area contributed by atoms with E-state index in [1.54, 1.807) is 24.7 Å². The number of carbonyl (C=O) groups is 1. The molecule has 0 atom stereocenters. The molecular weight excluding hydrogens is 434 g/mol. The smallest absolute Gasteiger partial charge is 0.274 e. The van der Waals surface area contributed by atoms with Crippen LogP contribution in [0.25, 0.3) is 12.2 Å². The molecule has 4 heterocycles. The predicted octanol–water partition coefficient (Wildman–Crippen LogP) is 5.85. The number of aromatic nitrogens is 4. The van der Waals surface area contributed by atoms with Crippen LogP contribution in [0.3, 0.4) is 0 Å². The van der Waals surface area contributed by atoms with E-state index in [0.717, 1.165) is 35.7 Å². The SMILES string of the molecule is O=C(Nc1nc(/C=C/c2coc(C3CCCCC3)n2)cs1)c1cccn1Cc1ccncc1. The van der Waals surface area contributed by atoms with Crippen molar-refractivity contribution in [3.05, 3.63) is 83.0 Å². The number of carbonyl (C=O) groups excluding carboxylic acids is 1. The van der Waals surface area contributed by atoms with Crippen LogP contribution in [0.4, 0.5) is 5.13 Å². The topological polar surface area (TPSA) is 85.8 Å². The maximum Gasteiger partial charge on any atom is 0.274 e. The first-order valence-corrected chi connectivity index (χ1v) is 12.1. The summed E-state index contributed by atoms with van der Waals surface area (Å²) in [5.41, 5.74) is 3.22. The molecule has 0 unspecified atom stereocenters. The van der Waals surface area contributed by atoms with E-state index in [2.05, 4.69) is 20.3 Å². The zero-order chi connectivity index (χ0) is 22.5. The van der Waals surface area contributed by atoms with Gasteiger partial charge in [-0.05, 0) is 54.8 Å². The lowest BCUT2D eigenvalue weighted by atomic mass is 9.89. The number of amides is 1.